The van der Waals surface area contributed by atoms with Crippen molar-refractivity contribution in [2.75, 3.05) is 12.8 Å². The van der Waals surface area contributed by atoms with E-state index in [1.807, 2.05) is 30.3 Å². The predicted molar refractivity (Wildman–Crippen MR) is 72.7 cm³/mol. The van der Waals surface area contributed by atoms with Gasteiger partial charge in [-0.2, -0.15) is 5.26 Å². The molecule has 0 spiro atoms. The lowest BCUT2D eigenvalue weighted by Gasteiger charge is -2.07. The zero-order valence-electron chi connectivity index (χ0n) is 9.88. The summed E-state index contributed by atoms with van der Waals surface area (Å²) in [5.41, 5.74) is 7.10. The fourth-order valence-electron chi connectivity index (χ4n) is 1.50. The number of nitriles is 1. The van der Waals surface area contributed by atoms with Gasteiger partial charge in [0.1, 0.15) is 5.75 Å². The van der Waals surface area contributed by atoms with Gasteiger partial charge in [0.2, 0.25) is 0 Å². The Hall–Kier alpha value is -2.12. The molecule has 0 saturated heterocycles. The first-order chi connectivity index (χ1) is 8.72. The van der Waals surface area contributed by atoms with E-state index in [0.29, 0.717) is 11.3 Å². The number of methoxy groups -OCH3 is 1. The normalized spacial score (nSPS) is 9.78. The van der Waals surface area contributed by atoms with Crippen LogP contribution in [-0.2, 0) is 0 Å². The highest BCUT2D eigenvalue weighted by Gasteiger charge is 2.04. The van der Waals surface area contributed by atoms with E-state index in [2.05, 4.69) is 6.07 Å². The minimum absolute atomic E-state index is 0.572. The minimum atomic E-state index is 0.572. The number of hydrogen-bond donors (Lipinski definition) is 1. The molecule has 90 valence electrons. The molecule has 2 rings (SSSR count). The number of rotatable bonds is 3. The van der Waals surface area contributed by atoms with Crippen molar-refractivity contribution < 1.29 is 4.74 Å². The van der Waals surface area contributed by atoms with Gasteiger partial charge in [0, 0.05) is 15.5 Å². The van der Waals surface area contributed by atoms with Crippen molar-refractivity contribution in [1.82, 2.24) is 0 Å². The number of hydrogen-bond acceptors (Lipinski definition) is 4. The number of nitrogen functional groups attached to an aromatic ring is 1. The fraction of sp³-hybridized carbons (Fsp3) is 0.0714. The molecule has 0 unspecified atom stereocenters. The molecule has 0 atom stereocenters. The van der Waals surface area contributed by atoms with Gasteiger partial charge in [-0.15, -0.1) is 0 Å². The first-order valence-corrected chi connectivity index (χ1v) is 6.16. The average Bonchev–Trinajstić information content (AvgIpc) is 2.41. The topological polar surface area (TPSA) is 59.0 Å². The molecule has 4 heteroatoms. The van der Waals surface area contributed by atoms with E-state index in [1.165, 1.54) is 0 Å². The van der Waals surface area contributed by atoms with Crippen LogP contribution in [0.3, 0.4) is 0 Å². The van der Waals surface area contributed by atoms with Crippen LogP contribution in [0.1, 0.15) is 5.56 Å². The van der Waals surface area contributed by atoms with Crippen LogP contribution >= 0.6 is 11.8 Å². The van der Waals surface area contributed by atoms with Crippen molar-refractivity contribution in [1.29, 1.82) is 5.26 Å². The van der Waals surface area contributed by atoms with E-state index in [1.54, 1.807) is 31.0 Å². The molecule has 0 aliphatic carbocycles. The van der Waals surface area contributed by atoms with Crippen LogP contribution in [0.4, 0.5) is 5.69 Å². The third kappa shape index (κ3) is 2.76. The second-order valence-corrected chi connectivity index (χ2v) is 4.76. The third-order valence-electron chi connectivity index (χ3n) is 2.41. The number of anilines is 1. The first kappa shape index (κ1) is 12.3. The summed E-state index contributed by atoms with van der Waals surface area (Å²) in [6.45, 7) is 0. The van der Waals surface area contributed by atoms with E-state index in [-0.39, 0.29) is 0 Å². The summed E-state index contributed by atoms with van der Waals surface area (Å²) in [6, 6.07) is 15.1. The third-order valence-corrected chi connectivity index (χ3v) is 3.49. The number of nitrogens with zero attached hydrogens (tertiary/aromatic N) is 1. The van der Waals surface area contributed by atoms with Crippen molar-refractivity contribution in [3.63, 3.8) is 0 Å². The zero-order chi connectivity index (χ0) is 13.0. The molecular weight excluding hydrogens is 244 g/mol. The van der Waals surface area contributed by atoms with E-state index >= 15 is 0 Å². The summed E-state index contributed by atoms with van der Waals surface area (Å²) in [5.74, 6) is 0.812. The lowest BCUT2D eigenvalue weighted by molar-refractivity contribution is 0.413. The van der Waals surface area contributed by atoms with Crippen molar-refractivity contribution in [3.05, 3.63) is 48.0 Å². The Bertz CT molecular complexity index is 605. The maximum atomic E-state index is 8.78. The Kier molecular flexibility index (Phi) is 3.75. The maximum Gasteiger partial charge on any atom is 0.119 e. The lowest BCUT2D eigenvalue weighted by Crippen LogP contribution is -1.89. The Labute approximate surface area is 110 Å². The Morgan fingerprint density at radius 2 is 2.06 bits per heavy atom. The molecule has 0 aliphatic rings. The van der Waals surface area contributed by atoms with Gasteiger partial charge in [0.25, 0.3) is 0 Å². The second-order valence-electron chi connectivity index (χ2n) is 3.65. The molecular formula is C14H12N2OS. The molecule has 0 saturated carbocycles. The zero-order valence-corrected chi connectivity index (χ0v) is 10.7. The largest absolute Gasteiger partial charge is 0.497 e. The Balaban J connectivity index is 2.26. The van der Waals surface area contributed by atoms with Gasteiger partial charge in [0.05, 0.1) is 18.7 Å². The van der Waals surface area contributed by atoms with Gasteiger partial charge in [-0.25, -0.2) is 0 Å². The molecule has 0 heterocycles. The van der Waals surface area contributed by atoms with Gasteiger partial charge in [-0.3, -0.25) is 0 Å². The molecule has 0 radical (unpaired) electrons. The monoisotopic (exact) mass is 256 g/mol. The maximum absolute atomic E-state index is 8.78. The Morgan fingerprint density at radius 3 is 2.72 bits per heavy atom. The molecule has 2 aromatic rings. The molecule has 0 aliphatic heterocycles. The highest BCUT2D eigenvalue weighted by molar-refractivity contribution is 7.99. The van der Waals surface area contributed by atoms with Crippen LogP contribution in [0.15, 0.2) is 52.3 Å². The molecule has 3 nitrogen and oxygen atoms in total. The molecule has 18 heavy (non-hydrogen) atoms. The van der Waals surface area contributed by atoms with Crippen molar-refractivity contribution in [2.45, 2.75) is 9.79 Å². The van der Waals surface area contributed by atoms with E-state index in [0.717, 1.165) is 15.5 Å². The predicted octanol–water partition coefficient (Wildman–Crippen LogP) is 3.30. The van der Waals surface area contributed by atoms with Crippen LogP contribution in [0, 0.1) is 11.3 Å². The highest BCUT2D eigenvalue weighted by atomic mass is 32.2. The smallest absolute Gasteiger partial charge is 0.119 e. The van der Waals surface area contributed by atoms with E-state index < -0.39 is 0 Å². The van der Waals surface area contributed by atoms with Crippen LogP contribution in [-0.4, -0.2) is 7.11 Å². The van der Waals surface area contributed by atoms with Gasteiger partial charge in [-0.05, 0) is 36.4 Å². The fourth-order valence-corrected chi connectivity index (χ4v) is 2.39. The van der Waals surface area contributed by atoms with Crippen LogP contribution in [0.25, 0.3) is 0 Å². The molecule has 2 N–H and O–H groups in total. The van der Waals surface area contributed by atoms with Gasteiger partial charge in [0.15, 0.2) is 0 Å². The van der Waals surface area contributed by atoms with Crippen LogP contribution in [0.2, 0.25) is 0 Å². The molecule has 2 aromatic carbocycles. The highest BCUT2D eigenvalue weighted by Crippen LogP contribution is 2.33. The summed E-state index contributed by atoms with van der Waals surface area (Å²) in [6.07, 6.45) is 0. The molecule has 0 fully saturated rings. The SMILES string of the molecule is COc1cccc(Sc2ccc(C#N)cc2N)c1. The quantitative estimate of drug-likeness (QED) is 0.856. The summed E-state index contributed by atoms with van der Waals surface area (Å²) >= 11 is 1.55. The van der Waals surface area contributed by atoms with Crippen LogP contribution in [0.5, 0.6) is 5.75 Å². The number of benzene rings is 2. The second kappa shape index (κ2) is 5.48. The number of ether oxygens (including phenoxy) is 1. The van der Waals surface area contributed by atoms with Crippen LogP contribution < -0.4 is 10.5 Å². The van der Waals surface area contributed by atoms with Gasteiger partial charge in [-0.1, -0.05) is 17.8 Å². The molecule has 0 bridgehead atoms. The Morgan fingerprint density at radius 1 is 1.22 bits per heavy atom. The standard InChI is InChI=1S/C14H12N2OS/c1-17-11-3-2-4-12(8-11)18-14-6-5-10(9-15)7-13(14)16/h2-8H,16H2,1H3. The summed E-state index contributed by atoms with van der Waals surface area (Å²) < 4.78 is 5.17. The summed E-state index contributed by atoms with van der Waals surface area (Å²) in [4.78, 5) is 1.98. The molecule has 0 amide bonds. The number of nitrogens with two attached hydrogens (primary N) is 1. The van der Waals surface area contributed by atoms with Crippen molar-refractivity contribution in [3.8, 4) is 11.8 Å². The lowest BCUT2D eigenvalue weighted by atomic mass is 10.2. The first-order valence-electron chi connectivity index (χ1n) is 5.34. The summed E-state index contributed by atoms with van der Waals surface area (Å²) in [7, 11) is 1.64. The van der Waals surface area contributed by atoms with Gasteiger partial charge < -0.3 is 10.5 Å². The van der Waals surface area contributed by atoms with E-state index in [9.17, 15) is 0 Å². The average molecular weight is 256 g/mol. The van der Waals surface area contributed by atoms with Crippen molar-refractivity contribution in [2.24, 2.45) is 0 Å². The summed E-state index contributed by atoms with van der Waals surface area (Å²) in [5, 5.41) is 8.78. The molecule has 0 aromatic heterocycles. The minimum Gasteiger partial charge on any atom is -0.497 e. The van der Waals surface area contributed by atoms with E-state index in [4.69, 9.17) is 15.7 Å². The van der Waals surface area contributed by atoms with Crippen molar-refractivity contribution >= 4 is 17.4 Å². The van der Waals surface area contributed by atoms with Gasteiger partial charge >= 0.3 is 0 Å².